The highest BCUT2D eigenvalue weighted by molar-refractivity contribution is 7.89. The van der Waals surface area contributed by atoms with E-state index in [1.807, 2.05) is 0 Å². The van der Waals surface area contributed by atoms with Crippen molar-refractivity contribution < 1.29 is 23.1 Å². The molecule has 1 fully saturated rings. The maximum atomic E-state index is 12.6. The van der Waals surface area contributed by atoms with Crippen LogP contribution >= 0.6 is 11.3 Å². The van der Waals surface area contributed by atoms with Crippen LogP contribution in [0.15, 0.2) is 16.3 Å². The highest BCUT2D eigenvalue weighted by atomic mass is 32.2. The summed E-state index contributed by atoms with van der Waals surface area (Å²) >= 11 is 0.852. The van der Waals surface area contributed by atoms with Gasteiger partial charge in [-0.1, -0.05) is 6.92 Å². The van der Waals surface area contributed by atoms with Gasteiger partial charge in [-0.15, -0.1) is 11.3 Å². The van der Waals surface area contributed by atoms with E-state index >= 15 is 0 Å². The zero-order valence-corrected chi connectivity index (χ0v) is 12.3. The Hall–Kier alpha value is -1.45. The molecule has 2 rings (SSSR count). The summed E-state index contributed by atoms with van der Waals surface area (Å²) in [5.74, 6) is -1.64. The summed E-state index contributed by atoms with van der Waals surface area (Å²) in [6, 6.07) is 0.471. The van der Waals surface area contributed by atoms with E-state index in [1.54, 1.807) is 6.92 Å². The molecule has 0 saturated carbocycles. The smallest absolute Gasteiger partial charge is 0.347 e. The van der Waals surface area contributed by atoms with Crippen molar-refractivity contribution in [3.8, 4) is 0 Å². The van der Waals surface area contributed by atoms with Crippen LogP contribution in [0.3, 0.4) is 0 Å². The largest absolute Gasteiger partial charge is 0.477 e. The van der Waals surface area contributed by atoms with E-state index in [0.717, 1.165) is 15.6 Å². The van der Waals surface area contributed by atoms with Crippen molar-refractivity contribution in [2.45, 2.75) is 24.3 Å². The van der Waals surface area contributed by atoms with Gasteiger partial charge in [0.15, 0.2) is 0 Å². The Bertz CT molecular complexity index is 637. The van der Waals surface area contributed by atoms with Crippen LogP contribution in [0.25, 0.3) is 0 Å². The molecule has 1 saturated heterocycles. The van der Waals surface area contributed by atoms with Crippen LogP contribution in [0.5, 0.6) is 0 Å². The first kappa shape index (κ1) is 14.9. The second-order valence-corrected chi connectivity index (χ2v) is 7.03. The molecule has 0 radical (unpaired) electrons. The summed E-state index contributed by atoms with van der Waals surface area (Å²) in [6.07, 6.45) is 0.331. The van der Waals surface area contributed by atoms with Gasteiger partial charge >= 0.3 is 5.97 Å². The number of nitrogens with zero attached hydrogens (tertiary/aromatic N) is 1. The number of sulfonamides is 1. The number of nitrogens with one attached hydrogen (secondary N) is 1. The quantitative estimate of drug-likeness (QED) is 0.833. The number of hydrogen-bond donors (Lipinski definition) is 2. The predicted molar refractivity (Wildman–Crippen MR) is 72.3 cm³/mol. The first-order chi connectivity index (χ1) is 9.39. The molecule has 0 spiro atoms. The predicted octanol–water partition coefficient (Wildman–Crippen LogP) is 0.345. The molecule has 110 valence electrons. The van der Waals surface area contributed by atoms with Crippen LogP contribution in [-0.4, -0.2) is 48.8 Å². The van der Waals surface area contributed by atoms with Crippen LogP contribution in [0.1, 0.15) is 23.0 Å². The third-order valence-electron chi connectivity index (χ3n) is 3.08. The van der Waals surface area contributed by atoms with Crippen molar-refractivity contribution in [3.05, 3.63) is 16.3 Å². The Kier molecular flexibility index (Phi) is 4.11. The number of amides is 1. The molecular formula is C11H14N2O5S2. The summed E-state index contributed by atoms with van der Waals surface area (Å²) in [4.78, 5) is 22.3. The van der Waals surface area contributed by atoms with Gasteiger partial charge in [0, 0.05) is 13.1 Å². The van der Waals surface area contributed by atoms with Crippen molar-refractivity contribution in [2.24, 2.45) is 0 Å². The first-order valence-electron chi connectivity index (χ1n) is 6.00. The lowest BCUT2D eigenvalue weighted by atomic mass is 10.2. The fourth-order valence-corrected chi connectivity index (χ4v) is 5.05. The van der Waals surface area contributed by atoms with E-state index in [0.29, 0.717) is 6.42 Å². The molecule has 2 N–H and O–H groups in total. The third kappa shape index (κ3) is 2.43. The number of carboxylic acid groups (broad SMARTS) is 1. The minimum atomic E-state index is -3.99. The lowest BCUT2D eigenvalue weighted by Gasteiger charge is -2.33. The van der Waals surface area contributed by atoms with Crippen LogP contribution in [-0.2, 0) is 14.8 Å². The molecular weight excluding hydrogens is 304 g/mol. The maximum absolute atomic E-state index is 12.6. The van der Waals surface area contributed by atoms with Crippen molar-refractivity contribution in [1.29, 1.82) is 0 Å². The monoisotopic (exact) mass is 318 g/mol. The molecule has 1 aromatic rings. The Morgan fingerprint density at radius 1 is 1.60 bits per heavy atom. The zero-order chi connectivity index (χ0) is 14.9. The molecule has 1 unspecified atom stereocenters. The lowest BCUT2D eigenvalue weighted by Crippen LogP contribution is -2.56. The average Bonchev–Trinajstić information content (AvgIpc) is 2.88. The van der Waals surface area contributed by atoms with Crippen molar-refractivity contribution >= 4 is 33.2 Å². The molecule has 0 bridgehead atoms. The van der Waals surface area contributed by atoms with Gasteiger partial charge in [-0.05, 0) is 17.9 Å². The van der Waals surface area contributed by atoms with Crippen molar-refractivity contribution in [2.75, 3.05) is 13.1 Å². The average molecular weight is 318 g/mol. The van der Waals surface area contributed by atoms with Gasteiger partial charge in [-0.2, -0.15) is 4.31 Å². The van der Waals surface area contributed by atoms with Crippen LogP contribution < -0.4 is 5.32 Å². The molecule has 0 aromatic carbocycles. The summed E-state index contributed by atoms with van der Waals surface area (Å²) < 4.78 is 26.2. The number of aromatic carboxylic acids is 1. The van der Waals surface area contributed by atoms with Crippen molar-refractivity contribution in [3.63, 3.8) is 0 Å². The molecule has 7 nitrogen and oxygen atoms in total. The summed E-state index contributed by atoms with van der Waals surface area (Å²) in [7, 11) is -3.99. The fourth-order valence-electron chi connectivity index (χ4n) is 2.15. The van der Waals surface area contributed by atoms with Gasteiger partial charge in [0.1, 0.15) is 15.8 Å². The number of rotatable bonds is 4. The van der Waals surface area contributed by atoms with Crippen LogP contribution in [0.2, 0.25) is 0 Å². The lowest BCUT2D eigenvalue weighted by molar-refractivity contribution is -0.126. The van der Waals surface area contributed by atoms with Crippen molar-refractivity contribution in [1.82, 2.24) is 9.62 Å². The number of carbonyl (C=O) groups is 2. The number of thiophene rings is 1. The normalized spacial score (nSPS) is 20.6. The maximum Gasteiger partial charge on any atom is 0.347 e. The topological polar surface area (TPSA) is 104 Å². The second kappa shape index (κ2) is 5.51. The molecule has 1 amide bonds. The van der Waals surface area contributed by atoms with E-state index in [1.165, 1.54) is 11.4 Å². The molecule has 1 aliphatic heterocycles. The molecule has 2 heterocycles. The molecule has 1 atom stereocenters. The molecule has 1 aromatic heterocycles. The number of hydrogen-bond acceptors (Lipinski definition) is 5. The molecule has 20 heavy (non-hydrogen) atoms. The standard InChI is InChI=1S/C11H14N2O5S2/c1-2-7-10(14)12-4-5-13(7)20(17,18)8-3-6-19-9(8)11(15)16/h3,6-7H,2,4-5H2,1H3,(H,12,14)(H,15,16). The van der Waals surface area contributed by atoms with Gasteiger partial charge in [-0.3, -0.25) is 4.79 Å². The minimum Gasteiger partial charge on any atom is -0.477 e. The van der Waals surface area contributed by atoms with Gasteiger partial charge in [0.05, 0.1) is 0 Å². The van der Waals surface area contributed by atoms with E-state index in [9.17, 15) is 18.0 Å². The Morgan fingerprint density at radius 2 is 2.30 bits per heavy atom. The summed E-state index contributed by atoms with van der Waals surface area (Å²) in [5.41, 5.74) is 0. The highest BCUT2D eigenvalue weighted by Gasteiger charge is 2.39. The Labute approximate surface area is 120 Å². The van der Waals surface area contributed by atoms with Gasteiger partial charge in [0.25, 0.3) is 0 Å². The Balaban J connectivity index is 2.46. The fraction of sp³-hybridized carbons (Fsp3) is 0.455. The SMILES string of the molecule is CCC1C(=O)NCCN1S(=O)(=O)c1ccsc1C(=O)O. The van der Waals surface area contributed by atoms with E-state index in [4.69, 9.17) is 5.11 Å². The van der Waals surface area contributed by atoms with Crippen LogP contribution in [0.4, 0.5) is 0 Å². The number of piperazine rings is 1. The number of carbonyl (C=O) groups excluding carboxylic acids is 1. The van der Waals surface area contributed by atoms with E-state index < -0.39 is 22.0 Å². The van der Waals surface area contributed by atoms with Gasteiger partial charge < -0.3 is 10.4 Å². The third-order valence-corrected chi connectivity index (χ3v) is 6.06. The summed E-state index contributed by atoms with van der Waals surface area (Å²) in [5, 5.41) is 13.1. The number of carboxylic acids is 1. The van der Waals surface area contributed by atoms with E-state index in [-0.39, 0.29) is 28.8 Å². The van der Waals surface area contributed by atoms with E-state index in [2.05, 4.69) is 5.32 Å². The summed E-state index contributed by atoms with van der Waals surface area (Å²) in [6.45, 7) is 2.08. The van der Waals surface area contributed by atoms with Gasteiger partial charge in [-0.25, -0.2) is 13.2 Å². The molecule has 0 aliphatic carbocycles. The zero-order valence-electron chi connectivity index (χ0n) is 10.7. The Morgan fingerprint density at radius 3 is 2.90 bits per heavy atom. The highest BCUT2D eigenvalue weighted by Crippen LogP contribution is 2.27. The second-order valence-electron chi connectivity index (χ2n) is 4.25. The van der Waals surface area contributed by atoms with Crippen LogP contribution in [0, 0.1) is 0 Å². The van der Waals surface area contributed by atoms with Gasteiger partial charge in [0.2, 0.25) is 15.9 Å². The molecule has 1 aliphatic rings. The molecule has 9 heteroatoms. The first-order valence-corrected chi connectivity index (χ1v) is 8.32. The minimum absolute atomic E-state index is 0.140.